The zero-order chi connectivity index (χ0) is 14.7. The maximum Gasteiger partial charge on any atom is 0.306 e. The lowest BCUT2D eigenvalue weighted by molar-refractivity contribution is -0.147. The van der Waals surface area contributed by atoms with Crippen LogP contribution in [0.1, 0.15) is 30.9 Å². The van der Waals surface area contributed by atoms with Gasteiger partial charge in [0.1, 0.15) is 0 Å². The lowest BCUT2D eigenvalue weighted by Gasteiger charge is -2.36. The van der Waals surface area contributed by atoms with E-state index in [2.05, 4.69) is 0 Å². The first-order valence-corrected chi connectivity index (χ1v) is 7.05. The average Bonchev–Trinajstić information content (AvgIpc) is 2.41. The van der Waals surface area contributed by atoms with Gasteiger partial charge < -0.3 is 10.0 Å². The van der Waals surface area contributed by atoms with Crippen LogP contribution in [0.2, 0.25) is 0 Å². The average molecular weight is 275 g/mol. The molecule has 0 aromatic heterocycles. The Morgan fingerprint density at radius 1 is 1.30 bits per heavy atom. The van der Waals surface area contributed by atoms with Gasteiger partial charge in [-0.3, -0.25) is 9.59 Å². The summed E-state index contributed by atoms with van der Waals surface area (Å²) in [7, 11) is 0. The number of piperidine rings is 1. The van der Waals surface area contributed by atoms with Crippen LogP contribution < -0.4 is 0 Å². The van der Waals surface area contributed by atoms with E-state index in [1.807, 2.05) is 43.0 Å². The number of carboxylic acid groups (broad SMARTS) is 1. The number of carbonyl (C=O) groups is 2. The molecule has 20 heavy (non-hydrogen) atoms. The van der Waals surface area contributed by atoms with E-state index in [4.69, 9.17) is 5.11 Å². The number of aliphatic carboxylic acids is 1. The molecule has 1 heterocycles. The molecule has 0 radical (unpaired) electrons. The third-order valence-electron chi connectivity index (χ3n) is 4.02. The van der Waals surface area contributed by atoms with Crippen molar-refractivity contribution in [3.05, 3.63) is 35.4 Å². The molecule has 4 nitrogen and oxygen atoms in total. The molecule has 0 aliphatic carbocycles. The van der Waals surface area contributed by atoms with Crippen LogP contribution in [0.5, 0.6) is 0 Å². The summed E-state index contributed by atoms with van der Waals surface area (Å²) in [5.74, 6) is -0.971. The molecular formula is C16H21NO3. The molecule has 1 aromatic carbocycles. The Morgan fingerprint density at radius 3 is 2.50 bits per heavy atom. The number of aryl methyl sites for hydroxylation is 1. The second-order valence-corrected chi connectivity index (χ2v) is 5.66. The molecule has 108 valence electrons. The highest BCUT2D eigenvalue weighted by atomic mass is 16.4. The quantitative estimate of drug-likeness (QED) is 0.920. The Balaban J connectivity index is 1.96. The molecule has 1 saturated heterocycles. The number of rotatable bonds is 3. The molecule has 0 bridgehead atoms. The number of hydrogen-bond acceptors (Lipinski definition) is 2. The molecule has 1 N–H and O–H groups in total. The molecule has 1 aliphatic heterocycles. The third kappa shape index (κ3) is 3.38. The van der Waals surface area contributed by atoms with Crippen molar-refractivity contribution in [2.45, 2.75) is 39.2 Å². The summed E-state index contributed by atoms with van der Waals surface area (Å²) < 4.78 is 0. The largest absolute Gasteiger partial charge is 0.481 e. The number of benzene rings is 1. The summed E-state index contributed by atoms with van der Waals surface area (Å²) in [6, 6.07) is 7.96. The van der Waals surface area contributed by atoms with Gasteiger partial charge in [-0.05, 0) is 32.3 Å². The van der Waals surface area contributed by atoms with Gasteiger partial charge in [-0.25, -0.2) is 0 Å². The Morgan fingerprint density at radius 2 is 1.95 bits per heavy atom. The van der Waals surface area contributed by atoms with Crippen LogP contribution in [-0.4, -0.2) is 34.5 Å². The number of nitrogens with zero attached hydrogens (tertiary/aromatic N) is 1. The second-order valence-electron chi connectivity index (χ2n) is 5.66. The van der Waals surface area contributed by atoms with Crippen LogP contribution >= 0.6 is 0 Å². The third-order valence-corrected chi connectivity index (χ3v) is 4.02. The van der Waals surface area contributed by atoms with E-state index in [9.17, 15) is 9.59 Å². The van der Waals surface area contributed by atoms with Crippen LogP contribution in [0.4, 0.5) is 0 Å². The Hall–Kier alpha value is -1.84. The van der Waals surface area contributed by atoms with Gasteiger partial charge in [0.15, 0.2) is 0 Å². The Kier molecular flexibility index (Phi) is 4.42. The second kappa shape index (κ2) is 6.07. The molecule has 1 amide bonds. The van der Waals surface area contributed by atoms with E-state index in [0.717, 1.165) is 5.56 Å². The first-order valence-electron chi connectivity index (χ1n) is 7.05. The van der Waals surface area contributed by atoms with Crippen LogP contribution in [0.3, 0.4) is 0 Å². The first-order chi connectivity index (χ1) is 9.47. The number of likely N-dealkylation sites (tertiary alicyclic amines) is 1. The molecule has 1 fully saturated rings. The van der Waals surface area contributed by atoms with Gasteiger partial charge in [0.25, 0.3) is 0 Å². The smallest absolute Gasteiger partial charge is 0.306 e. The number of amides is 1. The lowest BCUT2D eigenvalue weighted by Crippen LogP contribution is -2.46. The van der Waals surface area contributed by atoms with Crippen LogP contribution in [0, 0.1) is 12.8 Å². The molecule has 0 saturated carbocycles. The highest BCUT2D eigenvalue weighted by Crippen LogP contribution is 2.23. The van der Waals surface area contributed by atoms with Crippen molar-refractivity contribution >= 4 is 11.9 Å². The van der Waals surface area contributed by atoms with Gasteiger partial charge in [-0.2, -0.15) is 0 Å². The molecular weight excluding hydrogens is 254 g/mol. The van der Waals surface area contributed by atoms with E-state index in [-0.39, 0.29) is 17.9 Å². The van der Waals surface area contributed by atoms with E-state index < -0.39 is 5.97 Å². The molecule has 0 spiro atoms. The van der Waals surface area contributed by atoms with Crippen molar-refractivity contribution in [1.29, 1.82) is 0 Å². The summed E-state index contributed by atoms with van der Waals surface area (Å²) in [5.41, 5.74) is 2.19. The van der Waals surface area contributed by atoms with Crippen molar-refractivity contribution in [2.75, 3.05) is 6.54 Å². The summed E-state index contributed by atoms with van der Waals surface area (Å²) in [5, 5.41) is 9.04. The maximum atomic E-state index is 12.3. The van der Waals surface area contributed by atoms with E-state index in [1.165, 1.54) is 5.56 Å². The molecule has 2 rings (SSSR count). The summed E-state index contributed by atoms with van der Waals surface area (Å²) >= 11 is 0. The minimum absolute atomic E-state index is 0.00259. The van der Waals surface area contributed by atoms with E-state index >= 15 is 0 Å². The highest BCUT2D eigenvalue weighted by Gasteiger charge is 2.31. The molecule has 1 aromatic rings. The van der Waals surface area contributed by atoms with E-state index in [1.54, 1.807) is 0 Å². The summed E-state index contributed by atoms with van der Waals surface area (Å²) in [6.07, 6.45) is 1.50. The van der Waals surface area contributed by atoms with Gasteiger partial charge in [-0.1, -0.05) is 29.8 Å². The fourth-order valence-electron chi connectivity index (χ4n) is 2.75. The fraction of sp³-hybridized carbons (Fsp3) is 0.500. The zero-order valence-corrected chi connectivity index (χ0v) is 12.0. The Labute approximate surface area is 119 Å². The molecule has 4 heteroatoms. The number of carbonyl (C=O) groups excluding carboxylic acids is 1. The van der Waals surface area contributed by atoms with Crippen molar-refractivity contribution in [3.63, 3.8) is 0 Å². The Bertz CT molecular complexity index is 495. The topological polar surface area (TPSA) is 57.6 Å². The van der Waals surface area contributed by atoms with Crippen LogP contribution in [0.15, 0.2) is 24.3 Å². The van der Waals surface area contributed by atoms with Gasteiger partial charge >= 0.3 is 5.97 Å². The van der Waals surface area contributed by atoms with Crippen molar-refractivity contribution in [1.82, 2.24) is 4.90 Å². The summed E-state index contributed by atoms with van der Waals surface area (Å²) in [4.78, 5) is 25.1. The van der Waals surface area contributed by atoms with Crippen molar-refractivity contribution in [3.8, 4) is 0 Å². The molecule has 2 unspecified atom stereocenters. The minimum Gasteiger partial charge on any atom is -0.481 e. The van der Waals surface area contributed by atoms with E-state index in [0.29, 0.717) is 25.8 Å². The van der Waals surface area contributed by atoms with Gasteiger partial charge in [0.2, 0.25) is 5.91 Å². The fourth-order valence-corrected chi connectivity index (χ4v) is 2.75. The van der Waals surface area contributed by atoms with Gasteiger partial charge in [-0.15, -0.1) is 0 Å². The standard InChI is InChI=1S/C16H21NO3/c1-11-3-5-13(6-4-11)10-15(18)17-8-7-14(16(19)20)9-12(17)2/h3-6,12,14H,7-10H2,1-2H3,(H,19,20). The normalized spacial score (nSPS) is 22.6. The van der Waals surface area contributed by atoms with Crippen molar-refractivity contribution in [2.24, 2.45) is 5.92 Å². The predicted octanol–water partition coefficient (Wildman–Crippen LogP) is 2.25. The molecule has 2 atom stereocenters. The SMILES string of the molecule is Cc1ccc(CC(=O)N2CCC(C(=O)O)CC2C)cc1. The van der Waals surface area contributed by atoms with Gasteiger partial charge in [0.05, 0.1) is 12.3 Å². The summed E-state index contributed by atoms with van der Waals surface area (Å²) in [6.45, 7) is 4.50. The zero-order valence-electron chi connectivity index (χ0n) is 12.0. The lowest BCUT2D eigenvalue weighted by atomic mass is 9.91. The monoisotopic (exact) mass is 275 g/mol. The number of carboxylic acids is 1. The first kappa shape index (κ1) is 14.6. The van der Waals surface area contributed by atoms with Crippen LogP contribution in [-0.2, 0) is 16.0 Å². The highest BCUT2D eigenvalue weighted by molar-refractivity contribution is 5.79. The van der Waals surface area contributed by atoms with Crippen LogP contribution in [0.25, 0.3) is 0 Å². The maximum absolute atomic E-state index is 12.3. The van der Waals surface area contributed by atoms with Gasteiger partial charge in [0, 0.05) is 12.6 Å². The predicted molar refractivity (Wildman–Crippen MR) is 76.4 cm³/mol. The molecule has 1 aliphatic rings. The number of hydrogen-bond donors (Lipinski definition) is 1. The van der Waals surface area contributed by atoms with Crippen molar-refractivity contribution < 1.29 is 14.7 Å². The minimum atomic E-state index is -0.748.